The van der Waals surface area contributed by atoms with Crippen LogP contribution in [-0.4, -0.2) is 38.3 Å². The summed E-state index contributed by atoms with van der Waals surface area (Å²) in [5.41, 5.74) is 1.05. The van der Waals surface area contributed by atoms with Crippen molar-refractivity contribution in [2.75, 3.05) is 17.4 Å². The van der Waals surface area contributed by atoms with Crippen LogP contribution in [-0.2, 0) is 21.4 Å². The summed E-state index contributed by atoms with van der Waals surface area (Å²) in [6.45, 7) is 3.32. The molecular formula is C19H21N3O7S. The average molecular weight is 435 g/mol. The number of sulfonamides is 1. The van der Waals surface area contributed by atoms with Crippen LogP contribution in [0.4, 0.5) is 11.4 Å². The number of nitrogens with zero attached hydrogens (tertiary/aromatic N) is 2. The molecule has 0 saturated carbocycles. The molecule has 2 aromatic carbocycles. The summed E-state index contributed by atoms with van der Waals surface area (Å²) in [5.74, 6) is 0.631. The van der Waals surface area contributed by atoms with Crippen molar-refractivity contribution in [1.29, 1.82) is 0 Å². The van der Waals surface area contributed by atoms with Crippen molar-refractivity contribution >= 4 is 27.3 Å². The highest BCUT2D eigenvalue weighted by molar-refractivity contribution is 7.92. The van der Waals surface area contributed by atoms with Gasteiger partial charge in [-0.2, -0.15) is 0 Å². The van der Waals surface area contributed by atoms with Crippen LogP contribution in [0.5, 0.6) is 11.5 Å². The van der Waals surface area contributed by atoms with Crippen LogP contribution in [0.1, 0.15) is 18.1 Å². The second kappa shape index (κ2) is 8.19. The summed E-state index contributed by atoms with van der Waals surface area (Å²) in [5, 5.41) is 13.8. The molecule has 11 heteroatoms. The third kappa shape index (κ3) is 4.46. The molecule has 160 valence electrons. The van der Waals surface area contributed by atoms with Crippen LogP contribution in [0.2, 0.25) is 0 Å². The number of amides is 1. The predicted octanol–water partition coefficient (Wildman–Crippen LogP) is 2.10. The van der Waals surface area contributed by atoms with E-state index in [9.17, 15) is 23.3 Å². The second-order valence-electron chi connectivity index (χ2n) is 6.87. The molecule has 3 rings (SSSR count). The predicted molar refractivity (Wildman–Crippen MR) is 109 cm³/mol. The molecular weight excluding hydrogens is 414 g/mol. The number of carbonyl (C=O) groups excluding carboxylic acids is 1. The molecule has 0 aromatic heterocycles. The van der Waals surface area contributed by atoms with Gasteiger partial charge in [0, 0.05) is 18.7 Å². The van der Waals surface area contributed by atoms with Gasteiger partial charge in [-0.1, -0.05) is 12.1 Å². The van der Waals surface area contributed by atoms with Gasteiger partial charge in [-0.15, -0.1) is 0 Å². The molecule has 1 amide bonds. The molecule has 1 heterocycles. The molecule has 0 saturated heterocycles. The number of ether oxygens (including phenoxy) is 2. The highest BCUT2D eigenvalue weighted by Gasteiger charge is 2.31. The van der Waals surface area contributed by atoms with Gasteiger partial charge in [0.25, 0.3) is 5.69 Å². The SMILES string of the molecule is Cc1ccc([N+](=O)[O-])cc1N([C@@H](C)C(=O)NCc1ccc2c(c1)OCO2)S(C)(=O)=O. The number of non-ortho nitro benzene ring substituents is 1. The van der Waals surface area contributed by atoms with Crippen LogP contribution < -0.4 is 19.1 Å². The van der Waals surface area contributed by atoms with Crippen molar-refractivity contribution in [2.45, 2.75) is 26.4 Å². The molecule has 0 fully saturated rings. The van der Waals surface area contributed by atoms with Gasteiger partial charge in [0.15, 0.2) is 11.5 Å². The Hall–Kier alpha value is -3.34. The van der Waals surface area contributed by atoms with Crippen molar-refractivity contribution in [1.82, 2.24) is 5.32 Å². The van der Waals surface area contributed by atoms with E-state index in [4.69, 9.17) is 9.47 Å². The number of nitro benzene ring substituents is 1. The minimum absolute atomic E-state index is 0.0810. The lowest BCUT2D eigenvalue weighted by Gasteiger charge is -2.29. The molecule has 1 atom stereocenters. The first kappa shape index (κ1) is 21.4. The van der Waals surface area contributed by atoms with Gasteiger partial charge >= 0.3 is 0 Å². The van der Waals surface area contributed by atoms with Crippen LogP contribution in [0.25, 0.3) is 0 Å². The Morgan fingerprint density at radius 2 is 1.93 bits per heavy atom. The van der Waals surface area contributed by atoms with E-state index in [-0.39, 0.29) is 24.7 Å². The minimum Gasteiger partial charge on any atom is -0.454 e. The van der Waals surface area contributed by atoms with Gasteiger partial charge in [0.2, 0.25) is 22.7 Å². The molecule has 1 aliphatic rings. The summed E-state index contributed by atoms with van der Waals surface area (Å²) in [7, 11) is -3.90. The topological polar surface area (TPSA) is 128 Å². The number of nitro groups is 1. The van der Waals surface area contributed by atoms with Crippen molar-refractivity contribution in [3.05, 3.63) is 57.6 Å². The van der Waals surface area contributed by atoms with E-state index < -0.39 is 26.9 Å². The summed E-state index contributed by atoms with van der Waals surface area (Å²) in [6, 6.07) is 7.96. The van der Waals surface area contributed by atoms with E-state index in [1.807, 2.05) is 0 Å². The van der Waals surface area contributed by atoms with E-state index in [0.29, 0.717) is 17.1 Å². The maximum absolute atomic E-state index is 12.7. The normalized spacial score (nSPS) is 13.6. The molecule has 10 nitrogen and oxygen atoms in total. The number of aryl methyl sites for hydroxylation is 1. The Kier molecular flexibility index (Phi) is 5.83. The number of hydrogen-bond acceptors (Lipinski definition) is 7. The third-order valence-electron chi connectivity index (χ3n) is 4.63. The smallest absolute Gasteiger partial charge is 0.271 e. The molecule has 0 bridgehead atoms. The average Bonchev–Trinajstić information content (AvgIpc) is 3.14. The first-order valence-electron chi connectivity index (χ1n) is 8.98. The number of rotatable bonds is 7. The van der Waals surface area contributed by atoms with Gasteiger partial charge < -0.3 is 14.8 Å². The van der Waals surface area contributed by atoms with E-state index in [1.165, 1.54) is 19.1 Å². The van der Waals surface area contributed by atoms with Crippen molar-refractivity contribution in [3.63, 3.8) is 0 Å². The van der Waals surface area contributed by atoms with Crippen molar-refractivity contribution < 1.29 is 27.6 Å². The van der Waals surface area contributed by atoms with Crippen molar-refractivity contribution in [3.8, 4) is 11.5 Å². The van der Waals surface area contributed by atoms with Crippen LogP contribution in [0, 0.1) is 17.0 Å². The molecule has 0 radical (unpaired) electrons. The third-order valence-corrected chi connectivity index (χ3v) is 5.86. The number of carbonyl (C=O) groups is 1. The number of benzene rings is 2. The van der Waals surface area contributed by atoms with Gasteiger partial charge in [0.05, 0.1) is 16.9 Å². The number of fused-ring (bicyclic) bond motifs is 1. The highest BCUT2D eigenvalue weighted by atomic mass is 32.2. The fourth-order valence-corrected chi connectivity index (χ4v) is 4.34. The molecule has 1 aliphatic heterocycles. The quantitative estimate of drug-likeness (QED) is 0.521. The summed E-state index contributed by atoms with van der Waals surface area (Å²) in [4.78, 5) is 23.2. The molecule has 0 unspecified atom stereocenters. The molecule has 2 aromatic rings. The zero-order chi connectivity index (χ0) is 22.1. The zero-order valence-corrected chi connectivity index (χ0v) is 17.4. The molecule has 30 heavy (non-hydrogen) atoms. The van der Waals surface area contributed by atoms with E-state index >= 15 is 0 Å². The van der Waals surface area contributed by atoms with Gasteiger partial charge in [-0.25, -0.2) is 8.42 Å². The monoisotopic (exact) mass is 435 g/mol. The van der Waals surface area contributed by atoms with Gasteiger partial charge in [-0.3, -0.25) is 19.2 Å². The Balaban J connectivity index is 1.82. The van der Waals surface area contributed by atoms with E-state index in [2.05, 4.69) is 5.32 Å². The lowest BCUT2D eigenvalue weighted by molar-refractivity contribution is -0.384. The summed E-state index contributed by atoms with van der Waals surface area (Å²) >= 11 is 0. The Labute approximate surface area is 173 Å². The summed E-state index contributed by atoms with van der Waals surface area (Å²) in [6.07, 6.45) is 0.951. The minimum atomic E-state index is -3.90. The first-order chi connectivity index (χ1) is 14.1. The van der Waals surface area contributed by atoms with Crippen LogP contribution in [0.15, 0.2) is 36.4 Å². The maximum atomic E-state index is 12.7. The Bertz CT molecular complexity index is 1100. The number of hydrogen-bond donors (Lipinski definition) is 1. The van der Waals surface area contributed by atoms with Crippen LogP contribution in [0.3, 0.4) is 0 Å². The number of anilines is 1. The molecule has 0 aliphatic carbocycles. The fourth-order valence-electron chi connectivity index (χ4n) is 3.12. The van der Waals surface area contributed by atoms with Gasteiger partial charge in [-0.05, 0) is 37.1 Å². The summed E-state index contributed by atoms with van der Waals surface area (Å²) < 4.78 is 36.4. The number of nitrogens with one attached hydrogen (secondary N) is 1. The van der Waals surface area contributed by atoms with E-state index in [0.717, 1.165) is 22.2 Å². The molecule has 0 spiro atoms. The lowest BCUT2D eigenvalue weighted by Crippen LogP contribution is -2.48. The Morgan fingerprint density at radius 3 is 2.60 bits per heavy atom. The highest BCUT2D eigenvalue weighted by Crippen LogP contribution is 2.32. The van der Waals surface area contributed by atoms with Crippen molar-refractivity contribution in [2.24, 2.45) is 0 Å². The van der Waals surface area contributed by atoms with E-state index in [1.54, 1.807) is 25.1 Å². The molecule has 1 N–H and O–H groups in total. The van der Waals surface area contributed by atoms with Gasteiger partial charge in [0.1, 0.15) is 6.04 Å². The first-order valence-corrected chi connectivity index (χ1v) is 10.8. The second-order valence-corrected chi connectivity index (χ2v) is 8.73. The standard InChI is InChI=1S/C19H21N3O7S/c1-12-4-6-15(22(24)25)9-16(12)21(30(3,26)27)13(2)19(23)20-10-14-5-7-17-18(8-14)29-11-28-17/h4-9,13H,10-11H2,1-3H3,(H,20,23)/t13-/m0/s1. The Morgan fingerprint density at radius 1 is 1.23 bits per heavy atom. The zero-order valence-electron chi connectivity index (χ0n) is 16.6. The van der Waals surface area contributed by atoms with Crippen LogP contribution >= 0.6 is 0 Å². The fraction of sp³-hybridized carbons (Fsp3) is 0.316. The largest absolute Gasteiger partial charge is 0.454 e. The lowest BCUT2D eigenvalue weighted by atomic mass is 10.1. The maximum Gasteiger partial charge on any atom is 0.271 e.